The van der Waals surface area contributed by atoms with Crippen LogP contribution in [0.5, 0.6) is 0 Å². The first-order valence-corrected chi connectivity index (χ1v) is 33.3. The Kier molecular flexibility index (Phi) is 24.4. The fourth-order valence-corrected chi connectivity index (χ4v) is 14.0. The maximum atomic E-state index is 13.8. The monoisotopic (exact) mass is 1330 g/mol. The van der Waals surface area contributed by atoms with Gasteiger partial charge < -0.3 is 51.2 Å². The van der Waals surface area contributed by atoms with E-state index in [2.05, 4.69) is 65.9 Å². The summed E-state index contributed by atoms with van der Waals surface area (Å²) in [6.07, 6.45) is 8.03. The van der Waals surface area contributed by atoms with Crippen LogP contribution in [0, 0.1) is 22.2 Å². The highest BCUT2D eigenvalue weighted by Crippen LogP contribution is 2.55. The number of carbonyl (C=O) groups excluding carboxylic acids is 6. The number of carbonyl (C=O) groups is 8. The number of carboxylic acid groups (broad SMARTS) is 2. The minimum atomic E-state index is -1.24. The summed E-state index contributed by atoms with van der Waals surface area (Å²) in [6.45, 7) is 17.5. The Balaban J connectivity index is 0.824. The van der Waals surface area contributed by atoms with Crippen LogP contribution in [-0.2, 0) is 53.0 Å². The number of amides is 6. The van der Waals surface area contributed by atoms with Crippen molar-refractivity contribution in [3.8, 4) is 0 Å². The van der Waals surface area contributed by atoms with E-state index in [1.54, 1.807) is 81.3 Å². The van der Waals surface area contributed by atoms with Crippen LogP contribution in [0.4, 0.5) is 21.4 Å². The number of hydrogen-bond donors (Lipinski definition) is 7. The zero-order valence-corrected chi connectivity index (χ0v) is 57.1. The van der Waals surface area contributed by atoms with Crippen molar-refractivity contribution in [1.29, 1.82) is 0 Å². The minimum absolute atomic E-state index is 0.0469. The van der Waals surface area contributed by atoms with E-state index in [9.17, 15) is 48.6 Å². The molecule has 0 radical (unpaired) electrons. The van der Waals surface area contributed by atoms with Crippen molar-refractivity contribution in [2.45, 2.75) is 138 Å². The third-order valence-electron chi connectivity index (χ3n) is 17.5. The van der Waals surface area contributed by atoms with Gasteiger partial charge in [0.2, 0.25) is 17.7 Å². The van der Waals surface area contributed by atoms with Gasteiger partial charge in [-0.1, -0.05) is 103 Å². The smallest absolute Gasteiger partial charge is 0.410 e. The van der Waals surface area contributed by atoms with Gasteiger partial charge in [0.1, 0.15) is 24.3 Å². The lowest BCUT2D eigenvalue weighted by Crippen LogP contribution is -2.51. The number of fused-ring (bicyclic) bond motifs is 2. The Bertz CT molecular complexity index is 3790. The number of aromatic nitrogens is 2. The quantitative estimate of drug-likeness (QED) is 0.0166. The van der Waals surface area contributed by atoms with Crippen molar-refractivity contribution in [3.63, 3.8) is 0 Å². The molecule has 25 heteroatoms. The number of aliphatic imine (C=N–C) groups is 2. The maximum Gasteiger partial charge on any atom is 0.410 e. The summed E-state index contributed by atoms with van der Waals surface area (Å²) in [6, 6.07) is 22.5. The molecule has 8 rings (SSSR count). The van der Waals surface area contributed by atoms with Crippen LogP contribution in [0.2, 0.25) is 0 Å². The number of allylic oxidation sites excluding steroid dienone is 1. The molecule has 512 valence electrons. The van der Waals surface area contributed by atoms with Crippen molar-refractivity contribution in [2.24, 2.45) is 37.9 Å². The lowest BCUT2D eigenvalue weighted by atomic mass is 9.71. The van der Waals surface area contributed by atoms with Gasteiger partial charge in [-0.2, -0.15) is 0 Å². The van der Waals surface area contributed by atoms with Crippen LogP contribution in [0.3, 0.4) is 0 Å². The predicted molar refractivity (Wildman–Crippen MR) is 371 cm³/mol. The lowest BCUT2D eigenvalue weighted by molar-refractivity contribution is -0.137. The average molecular weight is 1340 g/mol. The van der Waals surface area contributed by atoms with Crippen molar-refractivity contribution in [1.82, 2.24) is 30.4 Å². The second kappa shape index (κ2) is 32.4. The van der Waals surface area contributed by atoms with Crippen LogP contribution >= 0.6 is 11.3 Å². The summed E-state index contributed by atoms with van der Waals surface area (Å²) >= 11 is 1.40. The molecule has 96 heavy (non-hydrogen) atoms. The summed E-state index contributed by atoms with van der Waals surface area (Å²) in [5, 5.41) is 31.9. The molecule has 1 saturated carbocycles. The molecule has 3 aliphatic rings. The third kappa shape index (κ3) is 19.4. The number of rotatable bonds is 30. The number of para-hydroxylation sites is 1. The van der Waals surface area contributed by atoms with E-state index in [1.807, 2.05) is 41.3 Å². The van der Waals surface area contributed by atoms with E-state index >= 15 is 0 Å². The second-order valence-corrected chi connectivity index (χ2v) is 28.0. The van der Waals surface area contributed by atoms with Gasteiger partial charge in [0.25, 0.3) is 11.8 Å². The molecular formula is C71H90N12O12S. The van der Waals surface area contributed by atoms with Crippen LogP contribution in [-0.4, -0.2) is 154 Å². The van der Waals surface area contributed by atoms with E-state index in [0.717, 1.165) is 34.2 Å². The van der Waals surface area contributed by atoms with Gasteiger partial charge in [0.15, 0.2) is 10.8 Å². The van der Waals surface area contributed by atoms with Gasteiger partial charge in [0.05, 0.1) is 35.9 Å². The molecule has 1 fully saturated rings. The van der Waals surface area contributed by atoms with E-state index in [-0.39, 0.29) is 97.4 Å². The van der Waals surface area contributed by atoms with Crippen molar-refractivity contribution in [3.05, 3.63) is 131 Å². The normalized spacial score (nSPS) is 18.8. The fraction of sp³-hybridized carbons (Fsp3) is 0.465. The molecule has 0 saturated heterocycles. The average Bonchev–Trinajstić information content (AvgIpc) is 1.50. The molecule has 4 unspecified atom stereocenters. The Morgan fingerprint density at radius 3 is 2.35 bits per heavy atom. The molecule has 0 bridgehead atoms. The van der Waals surface area contributed by atoms with Crippen LogP contribution in [0.1, 0.15) is 150 Å². The lowest BCUT2D eigenvalue weighted by Gasteiger charge is -2.38. The number of hydrogen-bond acceptors (Lipinski definition) is 17. The number of anilines is 3. The number of ether oxygens (including phenoxy) is 2. The van der Waals surface area contributed by atoms with Crippen LogP contribution in [0.25, 0.3) is 15.8 Å². The maximum absolute atomic E-state index is 13.8. The Morgan fingerprint density at radius 1 is 0.896 bits per heavy atom. The third-order valence-corrected chi connectivity index (χ3v) is 18.4. The standard InChI is InChI=1S/C71H90N12O12S/c1-44(2)62(79-58(84)20-11-10-14-31-83-56(73-9)27-28-60(83)86)65(90)74-38-59(85)76-48-23-21-46(22-24-48)40-95-68(93)81(33-30-61(87)88)34-35-94-55-36-70(7,42-71(55,8)41-69(4,5)6)43-75-45(3)51(37-72)49-25-26-57(78-63(49)66(91)92)82-32-29-47-16-15-17-50(52(47)39-82)64(89)80-67-77-53-18-12-13-19-54(53)96-67/h12-13,15-19,21-28,37,44,55,62H,10-11,14,20,29-36,38-43,72H2,1-9H3,(H,74,90)(H,76,85)(H,79,84)(H,87,88)(H,91,92)(H,77,80,89). The van der Waals surface area contributed by atoms with Gasteiger partial charge in [0, 0.05) is 93.1 Å². The van der Waals surface area contributed by atoms with E-state index < -0.39 is 35.9 Å². The van der Waals surface area contributed by atoms with Crippen molar-refractivity contribution >= 4 is 103 Å². The molecule has 4 atom stereocenters. The van der Waals surface area contributed by atoms with Crippen molar-refractivity contribution < 1.29 is 58.0 Å². The number of nitrogens with two attached hydrogens (primary N) is 1. The molecule has 0 spiro atoms. The summed E-state index contributed by atoms with van der Waals surface area (Å²) in [5.74, 6) is -3.26. The molecule has 2 aromatic heterocycles. The molecule has 8 N–H and O–H groups in total. The van der Waals surface area contributed by atoms with Gasteiger partial charge >= 0.3 is 18.0 Å². The Morgan fingerprint density at radius 2 is 1.66 bits per heavy atom. The first-order chi connectivity index (χ1) is 45.6. The summed E-state index contributed by atoms with van der Waals surface area (Å²) in [7, 11) is 1.62. The predicted octanol–water partition coefficient (Wildman–Crippen LogP) is 9.89. The topological polar surface area (TPSA) is 330 Å². The number of nitrogens with one attached hydrogen (secondary N) is 4. The molecule has 24 nitrogen and oxygen atoms in total. The first-order valence-electron chi connectivity index (χ1n) is 32.5. The highest BCUT2D eigenvalue weighted by atomic mass is 32.1. The number of aliphatic carboxylic acids is 1. The molecule has 3 aromatic carbocycles. The Labute approximate surface area is 564 Å². The summed E-state index contributed by atoms with van der Waals surface area (Å²) in [4.78, 5) is 127. The number of unbranched alkanes of at least 4 members (excludes halogenated alkanes) is 2. The van der Waals surface area contributed by atoms with Gasteiger partial charge in [-0.15, -0.1) is 0 Å². The Hall–Kier alpha value is -9.36. The van der Waals surface area contributed by atoms with Crippen molar-refractivity contribution in [2.75, 3.05) is 68.5 Å². The number of thiazole rings is 1. The minimum Gasteiger partial charge on any atom is -0.481 e. The molecule has 5 aromatic rings. The molecule has 1 aliphatic carbocycles. The largest absolute Gasteiger partial charge is 0.481 e. The van der Waals surface area contributed by atoms with Gasteiger partial charge in [-0.05, 0) is 133 Å². The SMILES string of the molecule is CN=C1C=CC(=O)N1CCCCCC(=O)NC(C(=O)NCC(=O)Nc1ccc(COC(=O)N(CCOC2CC(C)(CN=C(C)C(=CN)c3ccc(N4CCc5cccc(C(=O)Nc6nc7ccccc7s6)c5C4)nc3C(=O)O)CC2(C)CC(C)(C)C)CCC(=O)O)cc1)C(C)C. The molecular weight excluding hydrogens is 1240 g/mol. The molecule has 2 aliphatic heterocycles. The highest BCUT2D eigenvalue weighted by molar-refractivity contribution is 7.22. The molecule has 4 heterocycles. The van der Waals surface area contributed by atoms with E-state index in [4.69, 9.17) is 25.2 Å². The number of pyridine rings is 1. The highest BCUT2D eigenvalue weighted by Gasteiger charge is 2.52. The zero-order valence-electron chi connectivity index (χ0n) is 56.3. The van der Waals surface area contributed by atoms with Gasteiger partial charge in [-0.25, -0.2) is 19.6 Å². The number of aromatic carboxylic acids is 1. The van der Waals surface area contributed by atoms with E-state index in [1.165, 1.54) is 28.5 Å². The summed E-state index contributed by atoms with van der Waals surface area (Å²) in [5.41, 5.74) is 10.7. The van der Waals surface area contributed by atoms with E-state index in [0.29, 0.717) is 109 Å². The molecule has 6 amide bonds. The summed E-state index contributed by atoms with van der Waals surface area (Å²) < 4.78 is 13.4. The van der Waals surface area contributed by atoms with Gasteiger partial charge in [-0.3, -0.25) is 49.0 Å². The van der Waals surface area contributed by atoms with Crippen LogP contribution in [0.15, 0.2) is 107 Å². The number of amidine groups is 1. The second-order valence-electron chi connectivity index (χ2n) is 27.0. The number of carboxylic acids is 2. The van der Waals surface area contributed by atoms with Crippen LogP contribution < -0.4 is 31.9 Å². The zero-order chi connectivity index (χ0) is 69.5. The number of benzene rings is 3. The fourth-order valence-electron chi connectivity index (χ4n) is 13.1. The first kappa shape index (κ1) is 72.5. The number of nitrogens with zero attached hydrogens (tertiary/aromatic N) is 7.